The van der Waals surface area contributed by atoms with Crippen molar-refractivity contribution in [1.82, 2.24) is 10.2 Å². The van der Waals surface area contributed by atoms with Crippen molar-refractivity contribution in [2.24, 2.45) is 5.92 Å². The Morgan fingerprint density at radius 3 is 2.34 bits per heavy atom. The lowest BCUT2D eigenvalue weighted by molar-refractivity contribution is -0.140. The molecule has 0 aliphatic heterocycles. The Morgan fingerprint density at radius 2 is 1.77 bits per heavy atom. The lowest BCUT2D eigenvalue weighted by Crippen LogP contribution is -2.52. The first-order chi connectivity index (χ1) is 16.5. The smallest absolute Gasteiger partial charge is 0.244 e. The molecule has 0 unspecified atom stereocenters. The highest BCUT2D eigenvalue weighted by molar-refractivity contribution is 7.92. The van der Waals surface area contributed by atoms with Crippen LogP contribution in [0.1, 0.15) is 38.3 Å². The van der Waals surface area contributed by atoms with Crippen molar-refractivity contribution in [3.8, 4) is 5.75 Å². The molecule has 0 heterocycles. The van der Waals surface area contributed by atoms with Gasteiger partial charge in [0.2, 0.25) is 21.8 Å². The van der Waals surface area contributed by atoms with E-state index in [0.29, 0.717) is 24.4 Å². The summed E-state index contributed by atoms with van der Waals surface area (Å²) in [5.74, 6) is 0.149. The molecule has 9 heteroatoms. The number of anilines is 1. The van der Waals surface area contributed by atoms with Gasteiger partial charge in [-0.2, -0.15) is 0 Å². The minimum absolute atomic E-state index is 0.134. The fraction of sp³-hybridized carbons (Fsp3) is 0.462. The average Bonchev–Trinajstić information content (AvgIpc) is 2.80. The zero-order valence-electron chi connectivity index (χ0n) is 21.4. The van der Waals surface area contributed by atoms with Crippen LogP contribution in [0.5, 0.6) is 5.75 Å². The third-order valence-electron chi connectivity index (χ3n) is 5.53. The second-order valence-corrected chi connectivity index (χ2v) is 11.0. The van der Waals surface area contributed by atoms with Crippen LogP contribution in [0.3, 0.4) is 0 Å². The highest BCUT2D eigenvalue weighted by Gasteiger charge is 2.31. The number of methoxy groups -OCH3 is 1. The number of hydrogen-bond acceptors (Lipinski definition) is 5. The highest BCUT2D eigenvalue weighted by atomic mass is 32.2. The normalized spacial score (nSPS) is 12.2. The molecular weight excluding hydrogens is 466 g/mol. The van der Waals surface area contributed by atoms with Gasteiger partial charge in [0.25, 0.3) is 0 Å². The number of benzene rings is 2. The Kier molecular flexibility index (Phi) is 10.1. The van der Waals surface area contributed by atoms with Crippen molar-refractivity contribution >= 4 is 27.5 Å². The molecule has 0 spiro atoms. The number of rotatable bonds is 12. The molecule has 35 heavy (non-hydrogen) atoms. The molecule has 0 saturated heterocycles. The second kappa shape index (κ2) is 12.6. The van der Waals surface area contributed by atoms with Crippen molar-refractivity contribution in [3.63, 3.8) is 0 Å². The maximum absolute atomic E-state index is 13.7. The van der Waals surface area contributed by atoms with Gasteiger partial charge in [-0.3, -0.25) is 13.9 Å². The minimum Gasteiger partial charge on any atom is -0.497 e. The number of hydrogen-bond donors (Lipinski definition) is 1. The van der Waals surface area contributed by atoms with Gasteiger partial charge in [0.1, 0.15) is 18.3 Å². The third kappa shape index (κ3) is 8.28. The van der Waals surface area contributed by atoms with Gasteiger partial charge in [-0.1, -0.05) is 45.0 Å². The fourth-order valence-electron chi connectivity index (χ4n) is 3.71. The molecule has 0 radical (unpaired) electrons. The molecule has 192 valence electrons. The summed E-state index contributed by atoms with van der Waals surface area (Å²) in [5, 5.41) is 2.91. The van der Waals surface area contributed by atoms with Gasteiger partial charge in [0.05, 0.1) is 19.1 Å². The van der Waals surface area contributed by atoms with Crippen LogP contribution in [0.25, 0.3) is 0 Å². The van der Waals surface area contributed by atoms with Gasteiger partial charge >= 0.3 is 0 Å². The van der Waals surface area contributed by atoms with E-state index in [1.54, 1.807) is 37.4 Å². The minimum atomic E-state index is -3.76. The van der Waals surface area contributed by atoms with E-state index in [-0.39, 0.29) is 18.4 Å². The summed E-state index contributed by atoms with van der Waals surface area (Å²) >= 11 is 0. The Morgan fingerprint density at radius 1 is 1.09 bits per heavy atom. The van der Waals surface area contributed by atoms with E-state index in [4.69, 9.17) is 4.74 Å². The van der Waals surface area contributed by atoms with E-state index >= 15 is 0 Å². The maximum atomic E-state index is 13.7. The van der Waals surface area contributed by atoms with Crippen molar-refractivity contribution in [2.45, 2.75) is 46.7 Å². The Bertz CT molecular complexity index is 1120. The SMILES string of the molecule is CC[C@H](C(=O)NCC(C)C)N(Cc1cccc(OC)c1)C(=O)CN(c1cccc(C)c1)S(C)(=O)=O. The van der Waals surface area contributed by atoms with Crippen LogP contribution in [0, 0.1) is 12.8 Å². The maximum Gasteiger partial charge on any atom is 0.244 e. The van der Waals surface area contributed by atoms with Crippen molar-refractivity contribution in [1.29, 1.82) is 0 Å². The molecule has 2 aromatic carbocycles. The zero-order valence-corrected chi connectivity index (χ0v) is 22.3. The summed E-state index contributed by atoms with van der Waals surface area (Å²) < 4.78 is 31.7. The van der Waals surface area contributed by atoms with E-state index < -0.39 is 28.5 Å². The molecule has 0 bridgehead atoms. The van der Waals surface area contributed by atoms with E-state index in [0.717, 1.165) is 21.7 Å². The van der Waals surface area contributed by atoms with E-state index in [9.17, 15) is 18.0 Å². The zero-order chi connectivity index (χ0) is 26.2. The number of nitrogens with zero attached hydrogens (tertiary/aromatic N) is 2. The topological polar surface area (TPSA) is 96.0 Å². The summed E-state index contributed by atoms with van der Waals surface area (Å²) in [6, 6.07) is 13.5. The van der Waals surface area contributed by atoms with Crippen LogP contribution in [-0.2, 0) is 26.2 Å². The predicted molar refractivity (Wildman–Crippen MR) is 139 cm³/mol. The summed E-state index contributed by atoms with van der Waals surface area (Å²) in [5.41, 5.74) is 2.05. The Balaban J connectivity index is 2.44. The Hall–Kier alpha value is -3.07. The van der Waals surface area contributed by atoms with Gasteiger partial charge in [-0.05, 0) is 54.7 Å². The van der Waals surface area contributed by atoms with Gasteiger partial charge in [0, 0.05) is 13.1 Å². The molecule has 2 aromatic rings. The molecule has 2 rings (SSSR count). The van der Waals surface area contributed by atoms with Gasteiger partial charge in [0.15, 0.2) is 0 Å². The quantitative estimate of drug-likeness (QED) is 0.479. The van der Waals surface area contributed by atoms with Crippen LogP contribution in [0.15, 0.2) is 48.5 Å². The third-order valence-corrected chi connectivity index (χ3v) is 6.67. The molecule has 0 saturated carbocycles. The monoisotopic (exact) mass is 503 g/mol. The van der Waals surface area contributed by atoms with Crippen LogP contribution in [0.4, 0.5) is 5.69 Å². The molecule has 8 nitrogen and oxygen atoms in total. The average molecular weight is 504 g/mol. The van der Waals surface area contributed by atoms with Crippen LogP contribution >= 0.6 is 0 Å². The molecule has 0 aromatic heterocycles. The highest BCUT2D eigenvalue weighted by Crippen LogP contribution is 2.21. The lowest BCUT2D eigenvalue weighted by atomic mass is 10.1. The van der Waals surface area contributed by atoms with Crippen molar-refractivity contribution in [3.05, 3.63) is 59.7 Å². The number of ether oxygens (including phenoxy) is 1. The van der Waals surface area contributed by atoms with Gasteiger partial charge in [-0.15, -0.1) is 0 Å². The molecule has 2 amide bonds. The summed E-state index contributed by atoms with van der Waals surface area (Å²) in [7, 11) is -2.20. The van der Waals surface area contributed by atoms with E-state index in [2.05, 4.69) is 5.32 Å². The fourth-order valence-corrected chi connectivity index (χ4v) is 4.55. The van der Waals surface area contributed by atoms with E-state index in [1.165, 1.54) is 4.90 Å². The molecule has 1 atom stereocenters. The molecule has 0 aliphatic rings. The lowest BCUT2D eigenvalue weighted by Gasteiger charge is -2.33. The van der Waals surface area contributed by atoms with Crippen LogP contribution in [0.2, 0.25) is 0 Å². The number of sulfonamides is 1. The Labute approximate surface area is 209 Å². The standard InChI is InChI=1S/C26H37N3O5S/c1-7-24(26(31)27-16-19(2)3)28(17-21-11-9-13-23(15-21)34-5)25(30)18-29(35(6,32)33)22-12-8-10-20(4)14-22/h8-15,19,24H,7,16-18H2,1-6H3,(H,27,31)/t24-/m1/s1. The van der Waals surface area contributed by atoms with E-state index in [1.807, 2.05) is 45.9 Å². The number of nitrogens with one attached hydrogen (secondary N) is 1. The number of carbonyl (C=O) groups is 2. The van der Waals surface area contributed by atoms with Crippen molar-refractivity contribution in [2.75, 3.05) is 30.8 Å². The van der Waals surface area contributed by atoms with Crippen LogP contribution < -0.4 is 14.4 Å². The van der Waals surface area contributed by atoms with Gasteiger partial charge in [-0.25, -0.2) is 8.42 Å². The summed E-state index contributed by atoms with van der Waals surface area (Å²) in [6.07, 6.45) is 1.45. The molecule has 0 fully saturated rings. The van der Waals surface area contributed by atoms with Crippen LogP contribution in [-0.4, -0.2) is 57.6 Å². The first-order valence-corrected chi connectivity index (χ1v) is 13.6. The molecule has 0 aliphatic carbocycles. The number of carbonyl (C=O) groups excluding carboxylic acids is 2. The number of aryl methyl sites for hydroxylation is 1. The predicted octanol–water partition coefficient (Wildman–Crippen LogP) is 3.35. The number of amides is 2. The van der Waals surface area contributed by atoms with Crippen molar-refractivity contribution < 1.29 is 22.7 Å². The largest absolute Gasteiger partial charge is 0.497 e. The summed E-state index contributed by atoms with van der Waals surface area (Å²) in [4.78, 5) is 28.2. The first kappa shape index (κ1) is 28.2. The van der Waals surface area contributed by atoms with Gasteiger partial charge < -0.3 is 15.0 Å². The molecule has 1 N–H and O–H groups in total. The molecular formula is C26H37N3O5S. The summed E-state index contributed by atoms with van der Waals surface area (Å²) in [6.45, 7) is 7.87. The second-order valence-electron chi connectivity index (χ2n) is 9.04. The first-order valence-electron chi connectivity index (χ1n) is 11.7.